The molecule has 0 radical (unpaired) electrons. The van der Waals surface area contributed by atoms with Gasteiger partial charge in [-0.25, -0.2) is 0 Å². The Morgan fingerprint density at radius 3 is 2.29 bits per heavy atom. The average molecular weight is 717 g/mol. The van der Waals surface area contributed by atoms with Crippen molar-refractivity contribution in [3.8, 4) is 5.75 Å². The molecule has 2 bridgehead atoms. The summed E-state index contributed by atoms with van der Waals surface area (Å²) >= 11 is 0. The Balaban J connectivity index is 1.82. The van der Waals surface area contributed by atoms with E-state index in [9.17, 15) is 38.7 Å². The second-order valence-corrected chi connectivity index (χ2v) is 13.5. The molecule has 3 aliphatic rings. The van der Waals surface area contributed by atoms with E-state index < -0.39 is 90.6 Å². The first kappa shape index (κ1) is 40.7. The van der Waals surface area contributed by atoms with Gasteiger partial charge in [-0.3, -0.25) is 38.5 Å². The van der Waals surface area contributed by atoms with Crippen LogP contribution in [0.4, 0.5) is 0 Å². The number of aliphatic hydroxyl groups is 1. The second kappa shape index (κ2) is 19.0. The Labute approximate surface area is 297 Å². The fourth-order valence-corrected chi connectivity index (χ4v) is 6.05. The number of hydrogen-bond acceptors (Lipinski definition) is 10. The molecular formula is C34H52N8O9. The summed E-state index contributed by atoms with van der Waals surface area (Å²) in [6.45, 7) is 6.76. The zero-order valence-electron chi connectivity index (χ0n) is 29.6. The minimum absolute atomic E-state index is 0.0413. The lowest BCUT2D eigenvalue weighted by molar-refractivity contribution is -0.134. The number of carbonyl (C=O) groups excluding carboxylic acids is 7. The molecule has 10 N–H and O–H groups in total. The van der Waals surface area contributed by atoms with E-state index in [1.807, 2.05) is 13.8 Å². The van der Waals surface area contributed by atoms with Crippen molar-refractivity contribution in [3.05, 3.63) is 29.8 Å². The zero-order valence-corrected chi connectivity index (χ0v) is 29.6. The summed E-state index contributed by atoms with van der Waals surface area (Å²) < 4.78 is 5.48. The molecule has 282 valence electrons. The van der Waals surface area contributed by atoms with Crippen LogP contribution in [0.5, 0.6) is 5.75 Å². The zero-order chi connectivity index (χ0) is 37.8. The van der Waals surface area contributed by atoms with Crippen LogP contribution in [0, 0.1) is 11.8 Å². The van der Waals surface area contributed by atoms with E-state index in [1.165, 1.54) is 0 Å². The first-order chi connectivity index (χ1) is 24.1. The minimum Gasteiger partial charge on any atom is -0.484 e. The first-order valence-electron chi connectivity index (χ1n) is 17.3. The molecule has 0 aliphatic carbocycles. The van der Waals surface area contributed by atoms with Crippen LogP contribution < -0.4 is 42.8 Å². The predicted molar refractivity (Wildman–Crippen MR) is 184 cm³/mol. The van der Waals surface area contributed by atoms with Crippen LogP contribution in [0.2, 0.25) is 0 Å². The topological polar surface area (TPSA) is 264 Å². The molecule has 0 spiro atoms. The maximum absolute atomic E-state index is 13.7. The van der Waals surface area contributed by atoms with Crippen LogP contribution in [-0.2, 0) is 40.0 Å². The van der Waals surface area contributed by atoms with Gasteiger partial charge in [-0.05, 0) is 55.3 Å². The summed E-state index contributed by atoms with van der Waals surface area (Å²) in [4.78, 5) is 90.7. The van der Waals surface area contributed by atoms with Crippen LogP contribution in [-0.4, -0.2) is 114 Å². The van der Waals surface area contributed by atoms with Gasteiger partial charge in [-0.15, -0.1) is 0 Å². The van der Waals surface area contributed by atoms with E-state index in [-0.39, 0.29) is 31.4 Å². The number of nitrogens with two attached hydrogens (primary N) is 2. The Hall–Kier alpha value is -4.77. The lowest BCUT2D eigenvalue weighted by Crippen LogP contribution is -2.59. The Kier molecular flexibility index (Phi) is 15.2. The van der Waals surface area contributed by atoms with Gasteiger partial charge < -0.3 is 47.9 Å². The van der Waals surface area contributed by atoms with Gasteiger partial charge >= 0.3 is 0 Å². The molecule has 0 saturated carbocycles. The molecule has 3 aliphatic heterocycles. The quantitative estimate of drug-likeness (QED) is 0.100. The van der Waals surface area contributed by atoms with Gasteiger partial charge in [-0.1, -0.05) is 46.2 Å². The van der Waals surface area contributed by atoms with Crippen molar-refractivity contribution in [2.24, 2.45) is 23.3 Å². The fourth-order valence-electron chi connectivity index (χ4n) is 6.05. The van der Waals surface area contributed by atoms with Gasteiger partial charge in [0.25, 0.3) is 5.91 Å². The van der Waals surface area contributed by atoms with Crippen LogP contribution in [0.15, 0.2) is 24.3 Å². The standard InChI is InChI=1S/C34H52N8O9/c1-5-19(4)30(34(50)40-29(18(2)3)31(36)47)41-33(49)24-7-6-12-42(24)16-25(43)22-13-20-8-10-21(11-9-20)51-17-28(46)37-15-27(45)38-23(14-26(35)44)32(48)39-22/h8-11,18-19,22-25,29-30,43H,5-7,12-17H2,1-4H3,(H2,35,44)(H2,36,47)(H,37,46)(H,38,45)(H,39,48)(H,40,50)(H,41,49)/t19?,22-,23-,24-,25-,29-,30?/m0/s1. The second-order valence-electron chi connectivity index (χ2n) is 13.5. The fraction of sp³-hybridized carbons (Fsp3) is 0.618. The van der Waals surface area contributed by atoms with Crippen LogP contribution in [0.1, 0.15) is 58.9 Å². The molecule has 1 aromatic carbocycles. The van der Waals surface area contributed by atoms with Gasteiger partial charge in [0.1, 0.15) is 23.9 Å². The molecule has 51 heavy (non-hydrogen) atoms. The molecule has 17 heteroatoms. The van der Waals surface area contributed by atoms with Gasteiger partial charge in [0.15, 0.2) is 6.61 Å². The maximum atomic E-state index is 13.7. The number of rotatable bonds is 13. The predicted octanol–water partition coefficient (Wildman–Crippen LogP) is -2.43. The SMILES string of the molecule is CCC(C)C(NC(=O)[C@@H]1CCCN1C[C@H](O)[C@@H]1Cc2ccc(cc2)OCC(=O)NCC(=O)N[C@@H](CC(N)=O)C(=O)N1)C(=O)N[C@H](C(N)=O)C(C)C. The van der Waals surface area contributed by atoms with Crippen molar-refractivity contribution in [2.75, 3.05) is 26.2 Å². The molecule has 2 unspecified atom stereocenters. The molecular weight excluding hydrogens is 664 g/mol. The van der Waals surface area contributed by atoms with Gasteiger partial charge in [0.05, 0.1) is 31.2 Å². The van der Waals surface area contributed by atoms with E-state index >= 15 is 0 Å². The largest absolute Gasteiger partial charge is 0.484 e. The Bertz CT molecular complexity index is 1420. The smallest absolute Gasteiger partial charge is 0.258 e. The summed E-state index contributed by atoms with van der Waals surface area (Å²) in [7, 11) is 0. The number of hydrogen-bond donors (Lipinski definition) is 8. The molecule has 4 rings (SSSR count). The number of nitrogens with zero attached hydrogens (tertiary/aromatic N) is 1. The number of benzene rings is 1. The molecule has 7 amide bonds. The van der Waals surface area contributed by atoms with Crippen LogP contribution in [0.3, 0.4) is 0 Å². The van der Waals surface area contributed by atoms with E-state index in [0.29, 0.717) is 37.1 Å². The lowest BCUT2D eigenvalue weighted by Gasteiger charge is -2.33. The number of amides is 7. The third-order valence-electron chi connectivity index (χ3n) is 9.20. The van der Waals surface area contributed by atoms with Crippen molar-refractivity contribution in [2.45, 2.75) is 96.1 Å². The molecule has 0 aromatic heterocycles. The highest BCUT2D eigenvalue weighted by Crippen LogP contribution is 2.21. The van der Waals surface area contributed by atoms with Gasteiger partial charge in [-0.2, -0.15) is 0 Å². The van der Waals surface area contributed by atoms with Gasteiger partial charge in [0, 0.05) is 6.54 Å². The third kappa shape index (κ3) is 12.2. The number of β-amino-alcohol motifs (C(OH)–C–C–N with tert-alkyl or cyclic N) is 1. The third-order valence-corrected chi connectivity index (χ3v) is 9.20. The van der Waals surface area contributed by atoms with Crippen LogP contribution >= 0.6 is 0 Å². The Morgan fingerprint density at radius 1 is 1.00 bits per heavy atom. The highest BCUT2D eigenvalue weighted by molar-refractivity contribution is 5.94. The number of likely N-dealkylation sites (tertiary alicyclic amines) is 1. The average Bonchev–Trinajstić information content (AvgIpc) is 3.54. The highest BCUT2D eigenvalue weighted by atomic mass is 16.5. The molecule has 17 nitrogen and oxygen atoms in total. The van der Waals surface area contributed by atoms with Crippen molar-refractivity contribution in [1.82, 2.24) is 31.5 Å². The number of fused-ring (bicyclic) bond motifs is 13. The lowest BCUT2D eigenvalue weighted by atomic mass is 9.96. The molecule has 3 heterocycles. The van der Waals surface area contributed by atoms with E-state index in [1.54, 1.807) is 43.0 Å². The number of primary amides is 2. The normalized spacial score (nSPS) is 22.8. The van der Waals surface area contributed by atoms with E-state index in [4.69, 9.17) is 16.2 Å². The molecule has 1 aromatic rings. The maximum Gasteiger partial charge on any atom is 0.258 e. The van der Waals surface area contributed by atoms with E-state index in [0.717, 1.165) is 0 Å². The number of nitrogens with one attached hydrogen (secondary N) is 5. The molecule has 1 fully saturated rings. The van der Waals surface area contributed by atoms with Crippen LogP contribution in [0.25, 0.3) is 0 Å². The van der Waals surface area contributed by atoms with Gasteiger partial charge in [0.2, 0.25) is 35.4 Å². The first-order valence-corrected chi connectivity index (χ1v) is 17.3. The highest BCUT2D eigenvalue weighted by Gasteiger charge is 2.38. The molecule has 7 atom stereocenters. The number of aliphatic hydroxyl groups excluding tert-OH is 1. The van der Waals surface area contributed by atoms with Crippen molar-refractivity contribution in [3.63, 3.8) is 0 Å². The van der Waals surface area contributed by atoms with Crippen molar-refractivity contribution < 1.29 is 43.4 Å². The molecule has 1 saturated heterocycles. The summed E-state index contributed by atoms with van der Waals surface area (Å²) in [5.74, 6) is -4.74. The van der Waals surface area contributed by atoms with Crippen molar-refractivity contribution >= 4 is 41.4 Å². The summed E-state index contributed by atoms with van der Waals surface area (Å²) in [6, 6.07) is 1.76. The summed E-state index contributed by atoms with van der Waals surface area (Å²) in [5, 5.41) is 24.7. The number of ether oxygens (including phenoxy) is 1. The van der Waals surface area contributed by atoms with E-state index in [2.05, 4.69) is 26.6 Å². The Morgan fingerprint density at radius 2 is 1.69 bits per heavy atom. The summed E-state index contributed by atoms with van der Waals surface area (Å²) in [6.07, 6.45) is -0.0211. The number of carbonyl (C=O) groups is 7. The summed E-state index contributed by atoms with van der Waals surface area (Å²) in [5.41, 5.74) is 11.5. The van der Waals surface area contributed by atoms with Crippen molar-refractivity contribution in [1.29, 1.82) is 0 Å². The minimum atomic E-state index is -1.40. The monoisotopic (exact) mass is 716 g/mol.